The van der Waals surface area contributed by atoms with Gasteiger partial charge >= 0.3 is 0 Å². The largest absolute Gasteiger partial charge is 0.382 e. The van der Waals surface area contributed by atoms with Crippen molar-refractivity contribution in [2.24, 2.45) is 0 Å². The quantitative estimate of drug-likeness (QED) is 0.772. The summed E-state index contributed by atoms with van der Waals surface area (Å²) in [7, 11) is 1.66. The van der Waals surface area contributed by atoms with E-state index in [9.17, 15) is 4.79 Å². The molecule has 0 spiro atoms. The number of benzene rings is 2. The van der Waals surface area contributed by atoms with Crippen LogP contribution >= 0.6 is 0 Å². The van der Waals surface area contributed by atoms with E-state index in [0.29, 0.717) is 25.3 Å². The minimum atomic E-state index is 0.0399. The van der Waals surface area contributed by atoms with Crippen LogP contribution in [0.4, 0.5) is 11.4 Å². The first kappa shape index (κ1) is 18.4. The van der Waals surface area contributed by atoms with Crippen molar-refractivity contribution in [1.82, 2.24) is 4.90 Å². The number of para-hydroxylation sites is 1. The number of rotatable bonds is 7. The molecule has 5 nitrogen and oxygen atoms in total. The second-order valence-electron chi connectivity index (χ2n) is 6.56. The van der Waals surface area contributed by atoms with E-state index in [0.717, 1.165) is 24.3 Å². The molecule has 0 aliphatic carbocycles. The molecule has 1 heterocycles. The number of carbonyl (C=O) groups excluding carboxylic acids is 1. The highest BCUT2D eigenvalue weighted by molar-refractivity contribution is 6.00. The summed E-state index contributed by atoms with van der Waals surface area (Å²) < 4.78 is 10.8. The minimum absolute atomic E-state index is 0.0399. The van der Waals surface area contributed by atoms with Crippen molar-refractivity contribution in [3.8, 4) is 0 Å². The van der Waals surface area contributed by atoms with Crippen LogP contribution in [0.5, 0.6) is 0 Å². The normalized spacial score (nSPS) is 16.7. The van der Waals surface area contributed by atoms with Gasteiger partial charge in [0.15, 0.2) is 0 Å². The number of hydrogen-bond acceptors (Lipinski definition) is 4. The Morgan fingerprint density at radius 1 is 1.15 bits per heavy atom. The highest BCUT2D eigenvalue weighted by Gasteiger charge is 2.28. The molecule has 138 valence electrons. The standard InChI is InChI=1S/C21H26N2O3/c1-16-7-9-17(10-8-16)22-20-6-4-3-5-19(20)21(24)23-12-11-18(15-23)26-14-13-25-2/h3-10,18,22H,11-15H2,1-2H3. The van der Waals surface area contributed by atoms with Crippen molar-refractivity contribution in [3.63, 3.8) is 0 Å². The molecule has 1 amide bonds. The van der Waals surface area contributed by atoms with Crippen LogP contribution in [0.3, 0.4) is 0 Å². The molecule has 1 unspecified atom stereocenters. The van der Waals surface area contributed by atoms with E-state index >= 15 is 0 Å². The Bertz CT molecular complexity index is 730. The summed E-state index contributed by atoms with van der Waals surface area (Å²) >= 11 is 0. The van der Waals surface area contributed by atoms with Gasteiger partial charge < -0.3 is 19.7 Å². The molecule has 26 heavy (non-hydrogen) atoms. The third-order valence-corrected chi connectivity index (χ3v) is 4.56. The molecule has 2 aromatic carbocycles. The Hall–Kier alpha value is -2.37. The predicted octanol–water partition coefficient (Wildman–Crippen LogP) is 3.62. The van der Waals surface area contributed by atoms with Crippen molar-refractivity contribution in [1.29, 1.82) is 0 Å². The van der Waals surface area contributed by atoms with E-state index in [2.05, 4.69) is 24.4 Å². The van der Waals surface area contributed by atoms with Crippen molar-refractivity contribution in [2.45, 2.75) is 19.4 Å². The smallest absolute Gasteiger partial charge is 0.256 e. The molecule has 1 saturated heterocycles. The van der Waals surface area contributed by atoms with Gasteiger partial charge in [-0.1, -0.05) is 29.8 Å². The second-order valence-corrected chi connectivity index (χ2v) is 6.56. The summed E-state index contributed by atoms with van der Waals surface area (Å²) in [4.78, 5) is 14.9. The monoisotopic (exact) mass is 354 g/mol. The first-order chi connectivity index (χ1) is 12.7. The van der Waals surface area contributed by atoms with Crippen molar-refractivity contribution < 1.29 is 14.3 Å². The van der Waals surface area contributed by atoms with Gasteiger partial charge in [0.1, 0.15) is 0 Å². The number of likely N-dealkylation sites (tertiary alicyclic amines) is 1. The number of nitrogens with one attached hydrogen (secondary N) is 1. The van der Waals surface area contributed by atoms with Gasteiger partial charge in [-0.05, 0) is 37.6 Å². The molecule has 1 N–H and O–H groups in total. The Kier molecular flexibility index (Phi) is 6.26. The third-order valence-electron chi connectivity index (χ3n) is 4.56. The van der Waals surface area contributed by atoms with E-state index in [1.807, 2.05) is 41.3 Å². The average molecular weight is 354 g/mol. The SMILES string of the molecule is COCCOC1CCN(C(=O)c2ccccc2Nc2ccc(C)cc2)C1. The Morgan fingerprint density at radius 3 is 2.69 bits per heavy atom. The van der Waals surface area contributed by atoms with Crippen LogP contribution in [-0.2, 0) is 9.47 Å². The molecule has 0 radical (unpaired) electrons. The molecular formula is C21H26N2O3. The van der Waals surface area contributed by atoms with Crippen molar-refractivity contribution in [2.75, 3.05) is 38.7 Å². The number of methoxy groups -OCH3 is 1. The third kappa shape index (κ3) is 4.62. The lowest BCUT2D eigenvalue weighted by atomic mass is 10.1. The maximum absolute atomic E-state index is 13.0. The van der Waals surface area contributed by atoms with Crippen molar-refractivity contribution >= 4 is 17.3 Å². The van der Waals surface area contributed by atoms with Crippen LogP contribution in [0.1, 0.15) is 22.3 Å². The van der Waals surface area contributed by atoms with E-state index in [-0.39, 0.29) is 12.0 Å². The lowest BCUT2D eigenvalue weighted by Crippen LogP contribution is -2.30. The number of amides is 1. The van der Waals surface area contributed by atoms with Crippen molar-refractivity contribution in [3.05, 3.63) is 59.7 Å². The van der Waals surface area contributed by atoms with E-state index in [1.54, 1.807) is 7.11 Å². The zero-order chi connectivity index (χ0) is 18.4. The molecule has 0 aromatic heterocycles. The van der Waals surface area contributed by atoms with Crippen LogP contribution in [0.15, 0.2) is 48.5 Å². The van der Waals surface area contributed by atoms with Gasteiger partial charge in [-0.15, -0.1) is 0 Å². The number of aryl methyl sites for hydroxylation is 1. The molecule has 0 bridgehead atoms. The Morgan fingerprint density at radius 2 is 1.92 bits per heavy atom. The molecule has 5 heteroatoms. The van der Waals surface area contributed by atoms with Crippen LogP contribution in [0, 0.1) is 6.92 Å². The summed E-state index contributed by atoms with van der Waals surface area (Å²) in [5, 5.41) is 3.36. The average Bonchev–Trinajstić information content (AvgIpc) is 3.13. The highest BCUT2D eigenvalue weighted by Crippen LogP contribution is 2.24. The summed E-state index contributed by atoms with van der Waals surface area (Å²) in [5.41, 5.74) is 3.69. The van der Waals surface area contributed by atoms with Gasteiger partial charge in [-0.25, -0.2) is 0 Å². The molecular weight excluding hydrogens is 328 g/mol. The topological polar surface area (TPSA) is 50.8 Å². The number of carbonyl (C=O) groups is 1. The van der Waals surface area contributed by atoms with Gasteiger partial charge in [-0.2, -0.15) is 0 Å². The predicted molar refractivity (Wildman–Crippen MR) is 103 cm³/mol. The summed E-state index contributed by atoms with van der Waals surface area (Å²) in [5.74, 6) is 0.0399. The molecule has 1 fully saturated rings. The Balaban J connectivity index is 1.67. The van der Waals surface area contributed by atoms with Gasteiger partial charge in [0, 0.05) is 25.9 Å². The molecule has 1 aliphatic rings. The first-order valence-electron chi connectivity index (χ1n) is 9.00. The molecule has 0 saturated carbocycles. The fourth-order valence-corrected chi connectivity index (χ4v) is 3.09. The number of ether oxygens (including phenoxy) is 2. The number of anilines is 2. The van der Waals surface area contributed by atoms with Crippen LogP contribution < -0.4 is 5.32 Å². The second kappa shape index (κ2) is 8.83. The maximum Gasteiger partial charge on any atom is 0.256 e. The first-order valence-corrected chi connectivity index (χ1v) is 9.00. The van der Waals surface area contributed by atoms with Crippen LogP contribution in [-0.4, -0.2) is 50.3 Å². The summed E-state index contributed by atoms with van der Waals surface area (Å²) in [6.45, 7) is 4.54. The van der Waals surface area contributed by atoms with E-state index in [1.165, 1.54) is 5.56 Å². The lowest BCUT2D eigenvalue weighted by molar-refractivity contribution is 0.0218. The van der Waals surface area contributed by atoms with Crippen LogP contribution in [0.25, 0.3) is 0 Å². The Labute approximate surface area is 154 Å². The minimum Gasteiger partial charge on any atom is -0.382 e. The molecule has 1 atom stereocenters. The molecule has 2 aromatic rings. The van der Waals surface area contributed by atoms with Gasteiger partial charge in [0.25, 0.3) is 5.91 Å². The lowest BCUT2D eigenvalue weighted by Gasteiger charge is -2.19. The zero-order valence-corrected chi connectivity index (χ0v) is 15.4. The summed E-state index contributed by atoms with van der Waals surface area (Å²) in [6, 6.07) is 15.8. The van der Waals surface area contributed by atoms with E-state index in [4.69, 9.17) is 9.47 Å². The highest BCUT2D eigenvalue weighted by atomic mass is 16.5. The number of hydrogen-bond donors (Lipinski definition) is 1. The van der Waals surface area contributed by atoms with Gasteiger partial charge in [-0.3, -0.25) is 4.79 Å². The van der Waals surface area contributed by atoms with Gasteiger partial charge in [0.2, 0.25) is 0 Å². The number of nitrogens with zero attached hydrogens (tertiary/aromatic N) is 1. The van der Waals surface area contributed by atoms with E-state index < -0.39 is 0 Å². The zero-order valence-electron chi connectivity index (χ0n) is 15.4. The fraction of sp³-hybridized carbons (Fsp3) is 0.381. The molecule has 1 aliphatic heterocycles. The van der Waals surface area contributed by atoms with Crippen LogP contribution in [0.2, 0.25) is 0 Å². The summed E-state index contributed by atoms with van der Waals surface area (Å²) in [6.07, 6.45) is 0.953. The molecule has 3 rings (SSSR count). The maximum atomic E-state index is 13.0. The fourth-order valence-electron chi connectivity index (χ4n) is 3.09. The van der Waals surface area contributed by atoms with Gasteiger partial charge in [0.05, 0.1) is 30.6 Å².